The molecule has 0 aliphatic heterocycles. The first-order valence-corrected chi connectivity index (χ1v) is 4.99. The number of benzene rings is 1. The maximum atomic E-state index is 2.34. The van der Waals surface area contributed by atoms with Crippen molar-refractivity contribution in [1.82, 2.24) is 0 Å². The van der Waals surface area contributed by atoms with E-state index in [4.69, 9.17) is 0 Å². The molecule has 1 aliphatic rings. The summed E-state index contributed by atoms with van der Waals surface area (Å²) in [4.78, 5) is 0. The van der Waals surface area contributed by atoms with Gasteiger partial charge in [0.15, 0.2) is 0 Å². The van der Waals surface area contributed by atoms with E-state index in [0.717, 1.165) is 0 Å². The van der Waals surface area contributed by atoms with Crippen LogP contribution in [-0.2, 0) is 10.8 Å². The Kier molecular flexibility index (Phi) is 1.47. The zero-order valence-electron chi connectivity index (χ0n) is 9.23. The predicted molar refractivity (Wildman–Crippen MR) is 57.2 cm³/mol. The van der Waals surface area contributed by atoms with Gasteiger partial charge in [0.1, 0.15) is 0 Å². The van der Waals surface area contributed by atoms with Gasteiger partial charge in [-0.15, -0.1) is 0 Å². The van der Waals surface area contributed by atoms with E-state index in [0.29, 0.717) is 10.8 Å². The van der Waals surface area contributed by atoms with E-state index in [9.17, 15) is 0 Å². The summed E-state index contributed by atoms with van der Waals surface area (Å²) in [7, 11) is 0. The first-order valence-electron chi connectivity index (χ1n) is 4.99. The largest absolute Gasteiger partial charge is 0.0590 e. The predicted octanol–water partition coefficient (Wildman–Crippen LogP) is 3.56. The first kappa shape index (κ1) is 8.80. The molecule has 0 spiro atoms. The Hall–Kier alpha value is -0.780. The smallest absolute Gasteiger partial charge is 0.000890 e. The maximum absolute atomic E-state index is 2.34. The van der Waals surface area contributed by atoms with Crippen LogP contribution < -0.4 is 0 Å². The van der Waals surface area contributed by atoms with Crippen LogP contribution in [0, 0.1) is 6.92 Å². The molecule has 1 aromatic carbocycles. The summed E-state index contributed by atoms with van der Waals surface area (Å²) in [5.74, 6) is 0. The van der Waals surface area contributed by atoms with Gasteiger partial charge >= 0.3 is 0 Å². The minimum atomic E-state index is 0.342. The Balaban J connectivity index is 2.64. The summed E-state index contributed by atoms with van der Waals surface area (Å²) in [6.45, 7) is 11.5. The van der Waals surface area contributed by atoms with Crippen molar-refractivity contribution in [3.63, 3.8) is 0 Å². The third kappa shape index (κ3) is 0.864. The van der Waals surface area contributed by atoms with E-state index >= 15 is 0 Å². The summed E-state index contributed by atoms with van der Waals surface area (Å²) in [5, 5.41) is 0. The van der Waals surface area contributed by atoms with Crippen molar-refractivity contribution >= 4 is 0 Å². The van der Waals surface area contributed by atoms with Crippen LogP contribution in [0.1, 0.15) is 44.4 Å². The fourth-order valence-corrected chi connectivity index (χ4v) is 2.33. The Morgan fingerprint density at radius 3 is 2.00 bits per heavy atom. The van der Waals surface area contributed by atoms with Gasteiger partial charge in [0, 0.05) is 0 Å². The van der Waals surface area contributed by atoms with E-state index in [1.54, 1.807) is 0 Å². The highest BCUT2D eigenvalue weighted by Gasteiger charge is 2.50. The lowest BCUT2D eigenvalue weighted by Gasteiger charge is -2.54. The van der Waals surface area contributed by atoms with Crippen LogP contribution >= 0.6 is 0 Å². The van der Waals surface area contributed by atoms with Crippen molar-refractivity contribution in [2.45, 2.75) is 45.4 Å². The lowest BCUT2D eigenvalue weighted by Crippen LogP contribution is -2.50. The fraction of sp³-hybridized carbons (Fsp3) is 0.538. The van der Waals surface area contributed by atoms with Crippen molar-refractivity contribution in [3.8, 4) is 0 Å². The van der Waals surface area contributed by atoms with Crippen molar-refractivity contribution in [2.24, 2.45) is 0 Å². The van der Waals surface area contributed by atoms with Crippen molar-refractivity contribution in [2.75, 3.05) is 0 Å². The molecule has 0 radical (unpaired) electrons. The van der Waals surface area contributed by atoms with Crippen LogP contribution in [0.4, 0.5) is 0 Å². The molecule has 70 valence electrons. The van der Waals surface area contributed by atoms with Gasteiger partial charge in [-0.05, 0) is 28.9 Å². The van der Waals surface area contributed by atoms with Crippen LogP contribution in [-0.4, -0.2) is 0 Å². The van der Waals surface area contributed by atoms with Gasteiger partial charge in [-0.3, -0.25) is 0 Å². The molecule has 0 atom stereocenters. The third-order valence-electron chi connectivity index (χ3n) is 4.08. The summed E-state index contributed by atoms with van der Waals surface area (Å²) >= 11 is 0. The summed E-state index contributed by atoms with van der Waals surface area (Å²) < 4.78 is 0. The van der Waals surface area contributed by atoms with Gasteiger partial charge in [-0.25, -0.2) is 0 Å². The van der Waals surface area contributed by atoms with E-state index < -0.39 is 0 Å². The quantitative estimate of drug-likeness (QED) is 0.564. The van der Waals surface area contributed by atoms with E-state index in [1.165, 1.54) is 16.7 Å². The Morgan fingerprint density at radius 2 is 1.38 bits per heavy atom. The summed E-state index contributed by atoms with van der Waals surface area (Å²) in [6, 6.07) is 6.84. The van der Waals surface area contributed by atoms with Gasteiger partial charge in [0.25, 0.3) is 0 Å². The van der Waals surface area contributed by atoms with Crippen LogP contribution in [0.25, 0.3) is 0 Å². The molecule has 0 heterocycles. The van der Waals surface area contributed by atoms with Gasteiger partial charge < -0.3 is 0 Å². The molecule has 0 bridgehead atoms. The first-order chi connectivity index (χ1) is 5.87. The fourth-order valence-electron chi connectivity index (χ4n) is 2.33. The monoisotopic (exact) mass is 174 g/mol. The zero-order valence-corrected chi connectivity index (χ0v) is 9.23. The van der Waals surface area contributed by atoms with E-state index in [2.05, 4.69) is 52.8 Å². The topological polar surface area (TPSA) is 0 Å². The van der Waals surface area contributed by atoms with Crippen LogP contribution in [0.5, 0.6) is 0 Å². The number of rotatable bonds is 0. The average molecular weight is 174 g/mol. The van der Waals surface area contributed by atoms with E-state index in [-0.39, 0.29) is 0 Å². The van der Waals surface area contributed by atoms with E-state index in [1.807, 2.05) is 0 Å². The number of fused-ring (bicyclic) bond motifs is 1. The third-order valence-corrected chi connectivity index (χ3v) is 4.08. The van der Waals surface area contributed by atoms with Crippen molar-refractivity contribution < 1.29 is 0 Å². The van der Waals surface area contributed by atoms with Crippen molar-refractivity contribution in [3.05, 3.63) is 34.9 Å². The zero-order chi connectivity index (χ0) is 9.85. The molecule has 13 heavy (non-hydrogen) atoms. The van der Waals surface area contributed by atoms with Crippen LogP contribution in [0.15, 0.2) is 18.2 Å². The lowest BCUT2D eigenvalue weighted by molar-refractivity contribution is 0.242. The highest BCUT2D eigenvalue weighted by molar-refractivity contribution is 5.53. The molecule has 1 aliphatic carbocycles. The van der Waals surface area contributed by atoms with Gasteiger partial charge in [-0.2, -0.15) is 0 Å². The van der Waals surface area contributed by atoms with Gasteiger partial charge in [0.2, 0.25) is 0 Å². The number of hydrogen-bond acceptors (Lipinski definition) is 0. The molecule has 0 nitrogen and oxygen atoms in total. The molecule has 0 amide bonds. The Bertz CT molecular complexity index is 356. The standard InChI is InChI=1S/C13H18/c1-9-6-7-10-11(8-9)13(4,5)12(10,2)3/h6-8H,1-5H3. The minimum Gasteiger partial charge on any atom is -0.0590 e. The second-order valence-corrected chi connectivity index (χ2v) is 5.30. The average Bonchev–Trinajstić information content (AvgIpc) is 2.03. The number of aryl methyl sites for hydroxylation is 1. The minimum absolute atomic E-state index is 0.342. The number of hydrogen-bond donors (Lipinski definition) is 0. The van der Waals surface area contributed by atoms with Crippen LogP contribution in [0.2, 0.25) is 0 Å². The van der Waals surface area contributed by atoms with Gasteiger partial charge in [-0.1, -0.05) is 51.5 Å². The van der Waals surface area contributed by atoms with Crippen LogP contribution in [0.3, 0.4) is 0 Å². The molecule has 0 saturated heterocycles. The molecule has 0 aromatic heterocycles. The molecule has 0 fully saturated rings. The Morgan fingerprint density at radius 1 is 0.846 bits per heavy atom. The SMILES string of the molecule is Cc1ccc2c(c1)C(C)(C)C2(C)C. The molecule has 0 N–H and O–H groups in total. The molecule has 0 unspecified atom stereocenters. The highest BCUT2D eigenvalue weighted by Crippen LogP contribution is 2.55. The molecule has 0 heteroatoms. The van der Waals surface area contributed by atoms with Gasteiger partial charge in [0.05, 0.1) is 0 Å². The maximum Gasteiger partial charge on any atom is -0.000890 e. The molecular weight excluding hydrogens is 156 g/mol. The molecular formula is C13H18. The highest BCUT2D eigenvalue weighted by atomic mass is 14.5. The summed E-state index contributed by atoms with van der Waals surface area (Å²) in [5.41, 5.74) is 5.13. The molecule has 2 rings (SSSR count). The Labute approximate surface area is 81.0 Å². The second kappa shape index (κ2) is 2.17. The lowest BCUT2D eigenvalue weighted by atomic mass is 9.49. The molecule has 1 aromatic rings. The molecule has 0 saturated carbocycles. The normalized spacial score (nSPS) is 21.9. The summed E-state index contributed by atoms with van der Waals surface area (Å²) in [6.07, 6.45) is 0. The second-order valence-electron chi connectivity index (χ2n) is 5.30. The van der Waals surface area contributed by atoms with Crippen molar-refractivity contribution in [1.29, 1.82) is 0 Å².